The number of pyridine rings is 1. The van der Waals surface area contributed by atoms with Crippen LogP contribution in [0.4, 0.5) is 24.5 Å². The van der Waals surface area contributed by atoms with Gasteiger partial charge in [0.15, 0.2) is 11.6 Å². The van der Waals surface area contributed by atoms with E-state index in [0.717, 1.165) is 34.4 Å². The molecule has 5 nitrogen and oxygen atoms in total. The van der Waals surface area contributed by atoms with Crippen molar-refractivity contribution in [3.8, 4) is 17.1 Å². The van der Waals surface area contributed by atoms with Gasteiger partial charge < -0.3 is 5.32 Å². The van der Waals surface area contributed by atoms with Gasteiger partial charge in [-0.05, 0) is 67.1 Å². The van der Waals surface area contributed by atoms with Gasteiger partial charge in [-0.25, -0.2) is 22.8 Å². The van der Waals surface area contributed by atoms with Gasteiger partial charge in [0, 0.05) is 22.8 Å². The van der Waals surface area contributed by atoms with Crippen LogP contribution in [-0.4, -0.2) is 20.0 Å². The van der Waals surface area contributed by atoms with Crippen LogP contribution in [0.25, 0.3) is 28.0 Å². The lowest BCUT2D eigenvalue weighted by Gasteiger charge is -2.11. The summed E-state index contributed by atoms with van der Waals surface area (Å²) in [4.78, 5) is 4.67. The largest absolute Gasteiger partial charge is 0.355 e. The van der Waals surface area contributed by atoms with E-state index in [-0.39, 0.29) is 5.82 Å². The molecule has 0 amide bonds. The molecule has 0 aliphatic heterocycles. The van der Waals surface area contributed by atoms with E-state index in [4.69, 9.17) is 0 Å². The highest BCUT2D eigenvalue weighted by Gasteiger charge is 2.11. The number of aromatic nitrogens is 4. The third-order valence-corrected chi connectivity index (χ3v) is 5.09. The molecule has 0 unspecified atom stereocenters. The molecular weight excluding hydrogens is 415 g/mol. The molecule has 2 aromatic heterocycles. The molecule has 5 aromatic rings. The molecule has 158 valence electrons. The Labute approximate surface area is 181 Å². The molecule has 0 fully saturated rings. The third kappa shape index (κ3) is 3.66. The molecule has 0 saturated heterocycles. The summed E-state index contributed by atoms with van der Waals surface area (Å²) in [5.41, 5.74) is 4.32. The number of hydrogen-bond donors (Lipinski definition) is 1. The molecule has 0 saturated carbocycles. The van der Waals surface area contributed by atoms with Crippen LogP contribution in [0.15, 0.2) is 72.9 Å². The van der Waals surface area contributed by atoms with Gasteiger partial charge in [0.2, 0.25) is 0 Å². The van der Waals surface area contributed by atoms with Crippen LogP contribution in [0.2, 0.25) is 0 Å². The second-order valence-electron chi connectivity index (χ2n) is 7.30. The smallest absolute Gasteiger partial charge is 0.160 e. The summed E-state index contributed by atoms with van der Waals surface area (Å²) in [5, 5.41) is 12.3. The number of benzene rings is 3. The Balaban J connectivity index is 1.47. The first-order valence-corrected chi connectivity index (χ1v) is 9.79. The molecule has 1 N–H and O–H groups in total. The summed E-state index contributed by atoms with van der Waals surface area (Å²) in [6.45, 7) is 1.71. The van der Waals surface area contributed by atoms with E-state index in [0.29, 0.717) is 22.6 Å². The first kappa shape index (κ1) is 19.7. The Hall–Kier alpha value is -4.20. The van der Waals surface area contributed by atoms with E-state index in [1.165, 1.54) is 16.8 Å². The van der Waals surface area contributed by atoms with E-state index in [9.17, 15) is 13.2 Å². The molecule has 0 spiro atoms. The van der Waals surface area contributed by atoms with E-state index in [1.807, 2.05) is 30.3 Å². The summed E-state index contributed by atoms with van der Waals surface area (Å²) in [6, 6.07) is 17.7. The lowest BCUT2D eigenvalue weighted by Crippen LogP contribution is -1.96. The zero-order valence-electron chi connectivity index (χ0n) is 16.9. The number of nitrogens with zero attached hydrogens (tertiary/aromatic N) is 4. The van der Waals surface area contributed by atoms with Gasteiger partial charge in [-0.1, -0.05) is 11.3 Å². The molecule has 0 radical (unpaired) electrons. The van der Waals surface area contributed by atoms with Gasteiger partial charge in [-0.15, -0.1) is 5.10 Å². The highest BCUT2D eigenvalue weighted by atomic mass is 19.2. The highest BCUT2D eigenvalue weighted by molar-refractivity contribution is 5.94. The van der Waals surface area contributed by atoms with Crippen molar-refractivity contribution in [1.82, 2.24) is 20.0 Å². The van der Waals surface area contributed by atoms with Crippen molar-refractivity contribution in [1.29, 1.82) is 0 Å². The molecule has 5 rings (SSSR count). The molecule has 0 atom stereocenters. The van der Waals surface area contributed by atoms with Crippen molar-refractivity contribution >= 4 is 22.3 Å². The SMILES string of the molecule is Cc1cc(Nc2cccc3nc(-c4cn(-c5ccc(F)c(F)c5)nn4)ccc23)ccc1F. The molecular formula is C24H16F3N5. The fraction of sp³-hybridized carbons (Fsp3) is 0.0417. The Morgan fingerprint density at radius 2 is 1.66 bits per heavy atom. The summed E-state index contributed by atoms with van der Waals surface area (Å²) in [6.07, 6.45) is 1.60. The number of halogens is 3. The molecule has 0 aliphatic carbocycles. The van der Waals surface area contributed by atoms with Crippen LogP contribution in [0.3, 0.4) is 0 Å². The minimum Gasteiger partial charge on any atom is -0.355 e. The van der Waals surface area contributed by atoms with Gasteiger partial charge in [0.05, 0.1) is 23.1 Å². The average molecular weight is 431 g/mol. The van der Waals surface area contributed by atoms with Crippen LogP contribution in [0.5, 0.6) is 0 Å². The van der Waals surface area contributed by atoms with Crippen molar-refractivity contribution in [2.45, 2.75) is 6.92 Å². The normalized spacial score (nSPS) is 11.1. The van der Waals surface area contributed by atoms with E-state index < -0.39 is 11.6 Å². The van der Waals surface area contributed by atoms with Gasteiger partial charge >= 0.3 is 0 Å². The maximum atomic E-state index is 13.6. The van der Waals surface area contributed by atoms with Crippen molar-refractivity contribution in [3.05, 3.63) is 95.9 Å². The molecule has 3 aromatic carbocycles. The first-order chi connectivity index (χ1) is 15.5. The predicted octanol–water partition coefficient (Wildman–Crippen LogP) is 5.95. The Kier molecular flexibility index (Phi) is 4.82. The van der Waals surface area contributed by atoms with Crippen LogP contribution in [0, 0.1) is 24.4 Å². The fourth-order valence-electron chi connectivity index (χ4n) is 3.42. The van der Waals surface area contributed by atoms with Gasteiger partial charge in [-0.2, -0.15) is 0 Å². The average Bonchev–Trinajstić information content (AvgIpc) is 3.28. The maximum absolute atomic E-state index is 13.6. The zero-order chi connectivity index (χ0) is 22.2. The minimum absolute atomic E-state index is 0.254. The van der Waals surface area contributed by atoms with Crippen LogP contribution >= 0.6 is 0 Å². The van der Waals surface area contributed by atoms with E-state index >= 15 is 0 Å². The van der Waals surface area contributed by atoms with E-state index in [1.54, 1.807) is 25.3 Å². The summed E-state index contributed by atoms with van der Waals surface area (Å²) >= 11 is 0. The number of aryl methyl sites for hydroxylation is 1. The predicted molar refractivity (Wildman–Crippen MR) is 116 cm³/mol. The van der Waals surface area contributed by atoms with Crippen molar-refractivity contribution in [2.75, 3.05) is 5.32 Å². The first-order valence-electron chi connectivity index (χ1n) is 9.79. The summed E-state index contributed by atoms with van der Waals surface area (Å²) in [7, 11) is 0. The van der Waals surface area contributed by atoms with Gasteiger partial charge in [0.1, 0.15) is 11.5 Å². The summed E-state index contributed by atoms with van der Waals surface area (Å²) < 4.78 is 41.6. The van der Waals surface area contributed by atoms with Crippen LogP contribution in [-0.2, 0) is 0 Å². The van der Waals surface area contributed by atoms with Crippen molar-refractivity contribution < 1.29 is 13.2 Å². The maximum Gasteiger partial charge on any atom is 0.160 e. The minimum atomic E-state index is -0.959. The Morgan fingerprint density at radius 3 is 2.47 bits per heavy atom. The Morgan fingerprint density at radius 1 is 0.812 bits per heavy atom. The molecule has 8 heteroatoms. The number of hydrogen-bond acceptors (Lipinski definition) is 4. The topological polar surface area (TPSA) is 55.6 Å². The van der Waals surface area contributed by atoms with E-state index in [2.05, 4.69) is 20.6 Å². The number of fused-ring (bicyclic) bond motifs is 1. The lowest BCUT2D eigenvalue weighted by atomic mass is 10.1. The second-order valence-corrected chi connectivity index (χ2v) is 7.30. The standard InChI is InChI=1S/C24H16F3N5/c1-14-11-15(5-8-18(14)25)28-21-3-2-4-22-17(21)7-10-23(29-22)24-13-32(31-30-24)16-6-9-19(26)20(27)12-16/h2-13,28H,1H3. The number of rotatable bonds is 4. The quantitative estimate of drug-likeness (QED) is 0.382. The monoisotopic (exact) mass is 431 g/mol. The molecule has 32 heavy (non-hydrogen) atoms. The molecule has 0 aliphatic rings. The number of nitrogens with one attached hydrogen (secondary N) is 1. The Bertz CT molecular complexity index is 1460. The van der Waals surface area contributed by atoms with Crippen molar-refractivity contribution in [2.24, 2.45) is 0 Å². The van der Waals surface area contributed by atoms with Gasteiger partial charge in [-0.3, -0.25) is 0 Å². The molecule has 2 heterocycles. The molecule has 0 bridgehead atoms. The summed E-state index contributed by atoms with van der Waals surface area (Å²) in [5.74, 6) is -2.14. The number of anilines is 2. The fourth-order valence-corrected chi connectivity index (χ4v) is 3.42. The van der Waals surface area contributed by atoms with Crippen molar-refractivity contribution in [3.63, 3.8) is 0 Å². The lowest BCUT2D eigenvalue weighted by molar-refractivity contribution is 0.507. The second kappa shape index (κ2) is 7.81. The zero-order valence-corrected chi connectivity index (χ0v) is 16.9. The highest BCUT2D eigenvalue weighted by Crippen LogP contribution is 2.28. The van der Waals surface area contributed by atoms with Gasteiger partial charge in [0.25, 0.3) is 0 Å². The van der Waals surface area contributed by atoms with Crippen LogP contribution in [0.1, 0.15) is 5.56 Å². The van der Waals surface area contributed by atoms with Crippen LogP contribution < -0.4 is 5.32 Å². The third-order valence-electron chi connectivity index (χ3n) is 5.09.